The minimum absolute atomic E-state index is 0.106. The molecule has 3 aliphatic heterocycles. The van der Waals surface area contributed by atoms with Crippen LogP contribution in [0.1, 0.15) is 50.3 Å². The summed E-state index contributed by atoms with van der Waals surface area (Å²) in [6.07, 6.45) is 2.30. The standard InChI is InChI=1S/C24H28N2O4/c1-23(2)15-24(12-13-29-23)26-20(18-6-5-7-21(28-4)22(18)30-24)14-19(25-26)16-8-10-17(27-3)11-9-16/h5-11,20H,12-15H2,1-4H3. The summed E-state index contributed by atoms with van der Waals surface area (Å²) in [6, 6.07) is 14.3. The average molecular weight is 408 g/mol. The highest BCUT2D eigenvalue weighted by atomic mass is 16.6. The van der Waals surface area contributed by atoms with Crippen LogP contribution in [0.4, 0.5) is 0 Å². The van der Waals surface area contributed by atoms with Gasteiger partial charge in [-0.3, -0.25) is 0 Å². The third kappa shape index (κ3) is 3.01. The highest BCUT2D eigenvalue weighted by molar-refractivity contribution is 6.02. The molecule has 2 unspecified atom stereocenters. The van der Waals surface area contributed by atoms with Crippen molar-refractivity contribution in [1.82, 2.24) is 5.01 Å². The molecule has 30 heavy (non-hydrogen) atoms. The van der Waals surface area contributed by atoms with E-state index in [0.29, 0.717) is 6.61 Å². The van der Waals surface area contributed by atoms with Crippen molar-refractivity contribution in [2.75, 3.05) is 20.8 Å². The van der Waals surface area contributed by atoms with Crippen molar-refractivity contribution < 1.29 is 18.9 Å². The molecule has 0 radical (unpaired) electrons. The van der Waals surface area contributed by atoms with E-state index in [1.54, 1.807) is 14.2 Å². The highest BCUT2D eigenvalue weighted by Crippen LogP contribution is 2.54. The summed E-state index contributed by atoms with van der Waals surface area (Å²) in [5.41, 5.74) is 2.45. The molecule has 0 amide bonds. The van der Waals surface area contributed by atoms with Crippen molar-refractivity contribution in [3.05, 3.63) is 53.6 Å². The topological polar surface area (TPSA) is 52.5 Å². The molecule has 0 bridgehead atoms. The number of hydrogen-bond acceptors (Lipinski definition) is 6. The molecule has 6 heteroatoms. The van der Waals surface area contributed by atoms with Gasteiger partial charge in [0.15, 0.2) is 11.5 Å². The second kappa shape index (κ2) is 6.91. The number of fused-ring (bicyclic) bond motifs is 4. The Morgan fingerprint density at radius 2 is 1.87 bits per heavy atom. The fourth-order valence-corrected chi connectivity index (χ4v) is 4.96. The minimum atomic E-state index is -0.553. The third-order valence-electron chi connectivity index (χ3n) is 6.32. The lowest BCUT2D eigenvalue weighted by molar-refractivity contribution is -0.212. The Morgan fingerprint density at radius 3 is 2.57 bits per heavy atom. The van der Waals surface area contributed by atoms with Gasteiger partial charge in [-0.2, -0.15) is 5.10 Å². The molecule has 1 fully saturated rings. The number of ether oxygens (including phenoxy) is 4. The number of para-hydroxylation sites is 1. The van der Waals surface area contributed by atoms with E-state index in [0.717, 1.165) is 53.3 Å². The summed E-state index contributed by atoms with van der Waals surface area (Å²) in [6.45, 7) is 4.87. The molecule has 0 aromatic heterocycles. The number of methoxy groups -OCH3 is 2. The van der Waals surface area contributed by atoms with Crippen LogP contribution in [-0.2, 0) is 4.74 Å². The first kappa shape index (κ1) is 19.2. The van der Waals surface area contributed by atoms with E-state index in [1.807, 2.05) is 24.3 Å². The molecule has 0 saturated carbocycles. The van der Waals surface area contributed by atoms with E-state index in [4.69, 9.17) is 24.0 Å². The summed E-state index contributed by atoms with van der Waals surface area (Å²) in [4.78, 5) is 0. The maximum Gasteiger partial charge on any atom is 0.203 e. The molecule has 6 nitrogen and oxygen atoms in total. The Morgan fingerprint density at radius 1 is 1.07 bits per heavy atom. The second-order valence-corrected chi connectivity index (χ2v) is 8.80. The number of hydrazone groups is 1. The van der Waals surface area contributed by atoms with Gasteiger partial charge in [0.25, 0.3) is 0 Å². The molecule has 2 aromatic rings. The van der Waals surface area contributed by atoms with Gasteiger partial charge in [0.05, 0.1) is 38.2 Å². The summed E-state index contributed by atoms with van der Waals surface area (Å²) < 4.78 is 23.7. The molecule has 1 saturated heterocycles. The zero-order valence-electron chi connectivity index (χ0n) is 18.0. The first-order chi connectivity index (χ1) is 14.4. The van der Waals surface area contributed by atoms with Gasteiger partial charge < -0.3 is 18.9 Å². The van der Waals surface area contributed by atoms with Crippen LogP contribution in [0.3, 0.4) is 0 Å². The molecular formula is C24H28N2O4. The molecule has 3 aliphatic rings. The van der Waals surface area contributed by atoms with Gasteiger partial charge in [-0.15, -0.1) is 0 Å². The van der Waals surface area contributed by atoms with E-state index in [-0.39, 0.29) is 11.6 Å². The highest BCUT2D eigenvalue weighted by Gasteiger charge is 2.55. The Bertz CT molecular complexity index is 985. The number of nitrogens with zero attached hydrogens (tertiary/aromatic N) is 2. The van der Waals surface area contributed by atoms with E-state index < -0.39 is 5.72 Å². The van der Waals surface area contributed by atoms with Crippen LogP contribution in [-0.4, -0.2) is 42.9 Å². The van der Waals surface area contributed by atoms with Gasteiger partial charge in [-0.25, -0.2) is 5.01 Å². The zero-order valence-corrected chi connectivity index (χ0v) is 18.0. The van der Waals surface area contributed by atoms with Gasteiger partial charge in [-0.05, 0) is 49.7 Å². The quantitative estimate of drug-likeness (QED) is 0.747. The van der Waals surface area contributed by atoms with E-state index in [9.17, 15) is 0 Å². The summed E-state index contributed by atoms with van der Waals surface area (Å²) in [5.74, 6) is 2.45. The van der Waals surface area contributed by atoms with Crippen molar-refractivity contribution in [3.8, 4) is 17.2 Å². The SMILES string of the molecule is COc1ccc(C2=NN3C(C2)c2cccc(OC)c2OC32CCOC(C)(C)C2)cc1. The molecule has 3 heterocycles. The van der Waals surface area contributed by atoms with Gasteiger partial charge in [0.2, 0.25) is 5.72 Å². The summed E-state index contributed by atoms with van der Waals surface area (Å²) in [7, 11) is 3.38. The van der Waals surface area contributed by atoms with Crippen molar-refractivity contribution in [2.45, 2.75) is 50.5 Å². The zero-order chi connectivity index (χ0) is 20.9. The lowest BCUT2D eigenvalue weighted by Crippen LogP contribution is -2.60. The maximum absolute atomic E-state index is 6.75. The minimum Gasteiger partial charge on any atom is -0.497 e. The summed E-state index contributed by atoms with van der Waals surface area (Å²) >= 11 is 0. The predicted octanol–water partition coefficient (Wildman–Crippen LogP) is 4.53. The lowest BCUT2D eigenvalue weighted by Gasteiger charge is -2.52. The van der Waals surface area contributed by atoms with Gasteiger partial charge in [0, 0.05) is 24.8 Å². The lowest BCUT2D eigenvalue weighted by atomic mass is 9.86. The van der Waals surface area contributed by atoms with Crippen LogP contribution in [0.15, 0.2) is 47.6 Å². The van der Waals surface area contributed by atoms with Gasteiger partial charge in [-0.1, -0.05) is 12.1 Å². The normalized spacial score (nSPS) is 26.5. The Hall–Kier alpha value is -2.73. The smallest absolute Gasteiger partial charge is 0.203 e. The number of hydrogen-bond donors (Lipinski definition) is 0. The van der Waals surface area contributed by atoms with Crippen LogP contribution in [0.2, 0.25) is 0 Å². The van der Waals surface area contributed by atoms with Crippen LogP contribution in [0.5, 0.6) is 17.2 Å². The monoisotopic (exact) mass is 408 g/mol. The molecule has 2 atom stereocenters. The van der Waals surface area contributed by atoms with Crippen LogP contribution in [0.25, 0.3) is 0 Å². The Balaban J connectivity index is 1.60. The Labute approximate surface area is 177 Å². The molecule has 2 aromatic carbocycles. The molecular weight excluding hydrogens is 380 g/mol. The van der Waals surface area contributed by atoms with E-state index in [1.165, 1.54) is 0 Å². The predicted molar refractivity (Wildman–Crippen MR) is 114 cm³/mol. The second-order valence-electron chi connectivity index (χ2n) is 8.80. The molecule has 0 N–H and O–H groups in total. The van der Waals surface area contributed by atoms with E-state index >= 15 is 0 Å². The van der Waals surface area contributed by atoms with E-state index in [2.05, 4.69) is 37.1 Å². The van der Waals surface area contributed by atoms with Crippen molar-refractivity contribution >= 4 is 5.71 Å². The first-order valence-corrected chi connectivity index (χ1v) is 10.5. The van der Waals surface area contributed by atoms with Gasteiger partial charge in [0.1, 0.15) is 5.75 Å². The van der Waals surface area contributed by atoms with Crippen LogP contribution >= 0.6 is 0 Å². The molecule has 1 spiro atoms. The first-order valence-electron chi connectivity index (χ1n) is 10.5. The molecule has 5 rings (SSSR count). The average Bonchev–Trinajstić information content (AvgIpc) is 3.20. The van der Waals surface area contributed by atoms with Crippen molar-refractivity contribution in [1.29, 1.82) is 0 Å². The van der Waals surface area contributed by atoms with Crippen molar-refractivity contribution in [3.63, 3.8) is 0 Å². The number of rotatable bonds is 3. The fourth-order valence-electron chi connectivity index (χ4n) is 4.96. The molecule has 0 aliphatic carbocycles. The maximum atomic E-state index is 6.75. The third-order valence-corrected chi connectivity index (χ3v) is 6.32. The summed E-state index contributed by atoms with van der Waals surface area (Å²) in [5, 5.41) is 7.31. The van der Waals surface area contributed by atoms with Crippen LogP contribution < -0.4 is 14.2 Å². The van der Waals surface area contributed by atoms with Gasteiger partial charge >= 0.3 is 0 Å². The molecule has 158 valence electrons. The number of benzene rings is 2. The fraction of sp³-hybridized carbons (Fsp3) is 0.458. The van der Waals surface area contributed by atoms with Crippen molar-refractivity contribution in [2.24, 2.45) is 5.10 Å². The largest absolute Gasteiger partial charge is 0.497 e. The Kier molecular flexibility index (Phi) is 4.43. The van der Waals surface area contributed by atoms with Crippen LogP contribution in [0, 0.1) is 0 Å².